The van der Waals surface area contributed by atoms with Gasteiger partial charge in [-0.05, 0) is 50.8 Å². The smallest absolute Gasteiger partial charge is 0.225 e. The number of carbonyl (C=O) groups excluding carboxylic acids is 1. The molecule has 1 atom stereocenters. The van der Waals surface area contributed by atoms with Crippen LogP contribution in [-0.2, 0) is 11.2 Å². The lowest BCUT2D eigenvalue weighted by Crippen LogP contribution is -2.44. The standard InChI is InChI=1S/C22H27N5O/c1-15-12-16(2)26-22(25-15)27-11-5-6-18(14-27)21(28)23-10-9-17-13-24-20-8-4-3-7-19(17)20/h3-4,7-8,12-13,18,24H,5-6,9-11,14H2,1-2H3,(H,23,28). The van der Waals surface area contributed by atoms with Crippen LogP contribution in [0.5, 0.6) is 0 Å². The van der Waals surface area contributed by atoms with Crippen LogP contribution in [0.15, 0.2) is 36.5 Å². The first-order valence-corrected chi connectivity index (χ1v) is 10.00. The Morgan fingerprint density at radius 1 is 1.25 bits per heavy atom. The Labute approximate surface area is 165 Å². The maximum Gasteiger partial charge on any atom is 0.225 e. The van der Waals surface area contributed by atoms with E-state index < -0.39 is 0 Å². The van der Waals surface area contributed by atoms with E-state index in [1.165, 1.54) is 10.9 Å². The van der Waals surface area contributed by atoms with Gasteiger partial charge in [-0.1, -0.05) is 18.2 Å². The van der Waals surface area contributed by atoms with Gasteiger partial charge in [0.1, 0.15) is 0 Å². The summed E-state index contributed by atoms with van der Waals surface area (Å²) < 4.78 is 0. The molecule has 1 saturated heterocycles. The van der Waals surface area contributed by atoms with E-state index in [4.69, 9.17) is 0 Å². The second-order valence-corrected chi connectivity index (χ2v) is 7.64. The highest BCUT2D eigenvalue weighted by atomic mass is 16.1. The van der Waals surface area contributed by atoms with Crippen molar-refractivity contribution < 1.29 is 4.79 Å². The Morgan fingerprint density at radius 3 is 2.86 bits per heavy atom. The van der Waals surface area contributed by atoms with Gasteiger partial charge >= 0.3 is 0 Å². The molecule has 1 aromatic carbocycles. The van der Waals surface area contributed by atoms with E-state index in [2.05, 4.69) is 37.3 Å². The van der Waals surface area contributed by atoms with E-state index in [1.807, 2.05) is 38.2 Å². The van der Waals surface area contributed by atoms with Crippen molar-refractivity contribution in [2.45, 2.75) is 33.1 Å². The number of aryl methyl sites for hydroxylation is 2. The van der Waals surface area contributed by atoms with Gasteiger partial charge in [-0.15, -0.1) is 0 Å². The van der Waals surface area contributed by atoms with E-state index >= 15 is 0 Å². The Hall–Kier alpha value is -2.89. The number of hydrogen-bond acceptors (Lipinski definition) is 4. The number of rotatable bonds is 5. The first-order chi connectivity index (χ1) is 13.6. The molecule has 6 nitrogen and oxygen atoms in total. The number of anilines is 1. The number of fused-ring (bicyclic) bond motifs is 1. The Kier molecular flexibility index (Phi) is 5.28. The number of para-hydroxylation sites is 1. The number of piperidine rings is 1. The van der Waals surface area contributed by atoms with Gasteiger partial charge in [0.25, 0.3) is 0 Å². The summed E-state index contributed by atoms with van der Waals surface area (Å²) in [5.41, 5.74) is 4.31. The summed E-state index contributed by atoms with van der Waals surface area (Å²) >= 11 is 0. The highest BCUT2D eigenvalue weighted by molar-refractivity contribution is 5.83. The summed E-state index contributed by atoms with van der Waals surface area (Å²) in [5.74, 6) is 0.865. The average molecular weight is 377 g/mol. The summed E-state index contributed by atoms with van der Waals surface area (Å²) in [4.78, 5) is 27.3. The predicted molar refractivity (Wildman–Crippen MR) is 111 cm³/mol. The lowest BCUT2D eigenvalue weighted by Gasteiger charge is -2.32. The van der Waals surface area contributed by atoms with Crippen LogP contribution < -0.4 is 10.2 Å². The minimum Gasteiger partial charge on any atom is -0.361 e. The Bertz CT molecular complexity index is 960. The first-order valence-electron chi connectivity index (χ1n) is 10.00. The van der Waals surface area contributed by atoms with E-state index in [1.54, 1.807) is 0 Å². The quantitative estimate of drug-likeness (QED) is 0.716. The zero-order valence-electron chi connectivity index (χ0n) is 16.5. The van der Waals surface area contributed by atoms with Crippen molar-refractivity contribution in [3.8, 4) is 0 Å². The van der Waals surface area contributed by atoms with Crippen molar-refractivity contribution in [2.24, 2.45) is 5.92 Å². The number of hydrogen-bond donors (Lipinski definition) is 2. The lowest BCUT2D eigenvalue weighted by atomic mass is 9.97. The number of nitrogens with zero attached hydrogens (tertiary/aromatic N) is 3. The number of amides is 1. The molecule has 0 aliphatic carbocycles. The van der Waals surface area contributed by atoms with Crippen molar-refractivity contribution in [3.05, 3.63) is 53.5 Å². The monoisotopic (exact) mass is 377 g/mol. The van der Waals surface area contributed by atoms with Crippen molar-refractivity contribution in [3.63, 3.8) is 0 Å². The van der Waals surface area contributed by atoms with Crippen molar-refractivity contribution in [1.82, 2.24) is 20.3 Å². The number of carbonyl (C=O) groups is 1. The molecule has 1 unspecified atom stereocenters. The molecule has 3 aromatic rings. The molecule has 3 heterocycles. The van der Waals surface area contributed by atoms with E-state index in [9.17, 15) is 4.79 Å². The zero-order chi connectivity index (χ0) is 19.5. The molecular weight excluding hydrogens is 350 g/mol. The molecule has 1 aliphatic heterocycles. The third kappa shape index (κ3) is 4.01. The van der Waals surface area contributed by atoms with Gasteiger partial charge in [-0.2, -0.15) is 0 Å². The second kappa shape index (κ2) is 8.00. The molecule has 0 spiro atoms. The minimum atomic E-state index is -0.0128. The molecule has 2 N–H and O–H groups in total. The Balaban J connectivity index is 1.34. The van der Waals surface area contributed by atoms with Gasteiger partial charge in [0.15, 0.2) is 0 Å². The first kappa shape index (κ1) is 18.5. The molecule has 0 radical (unpaired) electrons. The number of nitrogens with one attached hydrogen (secondary N) is 2. The number of H-pyrrole nitrogens is 1. The van der Waals surface area contributed by atoms with E-state index in [0.717, 1.165) is 48.7 Å². The summed E-state index contributed by atoms with van der Waals surface area (Å²) in [5, 5.41) is 4.36. The highest BCUT2D eigenvalue weighted by Gasteiger charge is 2.27. The number of aromatic amines is 1. The minimum absolute atomic E-state index is 0.0128. The number of aromatic nitrogens is 3. The highest BCUT2D eigenvalue weighted by Crippen LogP contribution is 2.22. The van der Waals surface area contributed by atoms with Crippen molar-refractivity contribution >= 4 is 22.8 Å². The molecule has 4 rings (SSSR count). The summed E-state index contributed by atoms with van der Waals surface area (Å²) in [6.07, 6.45) is 4.76. The molecule has 6 heteroatoms. The van der Waals surface area contributed by atoms with Crippen LogP contribution in [0.2, 0.25) is 0 Å². The molecular formula is C22H27N5O. The second-order valence-electron chi connectivity index (χ2n) is 7.64. The van der Waals surface area contributed by atoms with Gasteiger partial charge in [0.05, 0.1) is 5.92 Å². The molecule has 1 aliphatic rings. The van der Waals surface area contributed by atoms with Crippen LogP contribution in [0.3, 0.4) is 0 Å². The topological polar surface area (TPSA) is 73.9 Å². The van der Waals surface area contributed by atoms with Crippen LogP contribution in [0.25, 0.3) is 10.9 Å². The van der Waals surface area contributed by atoms with Crippen LogP contribution in [0.1, 0.15) is 29.8 Å². The molecule has 28 heavy (non-hydrogen) atoms. The normalized spacial score (nSPS) is 17.1. The molecule has 1 fully saturated rings. The van der Waals surface area contributed by atoms with Gasteiger partial charge < -0.3 is 15.2 Å². The van der Waals surface area contributed by atoms with Gasteiger partial charge in [-0.25, -0.2) is 9.97 Å². The fourth-order valence-corrected chi connectivity index (χ4v) is 4.02. The summed E-state index contributed by atoms with van der Waals surface area (Å²) in [7, 11) is 0. The Morgan fingerprint density at radius 2 is 2.04 bits per heavy atom. The SMILES string of the molecule is Cc1cc(C)nc(N2CCCC(C(=O)NCCc3c[nH]c4ccccc34)C2)n1. The summed E-state index contributed by atoms with van der Waals surface area (Å²) in [6, 6.07) is 10.2. The fraction of sp³-hybridized carbons (Fsp3) is 0.409. The molecule has 1 amide bonds. The van der Waals surface area contributed by atoms with Crippen LogP contribution in [0.4, 0.5) is 5.95 Å². The maximum atomic E-state index is 12.7. The molecule has 0 saturated carbocycles. The third-order valence-electron chi connectivity index (χ3n) is 5.41. The fourth-order valence-electron chi connectivity index (χ4n) is 4.02. The van der Waals surface area contributed by atoms with E-state index in [-0.39, 0.29) is 11.8 Å². The van der Waals surface area contributed by atoms with Crippen LogP contribution >= 0.6 is 0 Å². The third-order valence-corrected chi connectivity index (χ3v) is 5.41. The van der Waals surface area contributed by atoms with Crippen LogP contribution in [-0.4, -0.2) is 40.5 Å². The zero-order valence-corrected chi connectivity index (χ0v) is 16.5. The molecule has 2 aromatic heterocycles. The van der Waals surface area contributed by atoms with Gasteiger partial charge in [0, 0.05) is 48.1 Å². The number of benzene rings is 1. The lowest BCUT2D eigenvalue weighted by molar-refractivity contribution is -0.125. The average Bonchev–Trinajstić information content (AvgIpc) is 3.10. The van der Waals surface area contributed by atoms with E-state index in [0.29, 0.717) is 13.1 Å². The maximum absolute atomic E-state index is 12.7. The van der Waals surface area contributed by atoms with Gasteiger partial charge in [0.2, 0.25) is 11.9 Å². The summed E-state index contributed by atoms with van der Waals surface area (Å²) in [6.45, 7) is 6.20. The predicted octanol–water partition coefficient (Wildman–Crippen LogP) is 3.15. The van der Waals surface area contributed by atoms with Gasteiger partial charge in [-0.3, -0.25) is 4.79 Å². The largest absolute Gasteiger partial charge is 0.361 e. The van der Waals surface area contributed by atoms with Crippen molar-refractivity contribution in [2.75, 3.05) is 24.5 Å². The molecule has 0 bridgehead atoms. The molecule has 146 valence electrons. The van der Waals surface area contributed by atoms with Crippen LogP contribution in [0, 0.1) is 19.8 Å². The van der Waals surface area contributed by atoms with Crippen molar-refractivity contribution in [1.29, 1.82) is 0 Å².